The van der Waals surface area contributed by atoms with Crippen LogP contribution < -0.4 is 4.90 Å². The van der Waals surface area contributed by atoms with Crippen LogP contribution in [0.2, 0.25) is 0 Å². The van der Waals surface area contributed by atoms with Crippen LogP contribution in [0, 0.1) is 17.2 Å². The van der Waals surface area contributed by atoms with E-state index >= 15 is 0 Å². The van der Waals surface area contributed by atoms with Gasteiger partial charge in [-0.25, -0.2) is 4.98 Å². The van der Waals surface area contributed by atoms with Crippen LogP contribution in [0.5, 0.6) is 0 Å². The Balaban J connectivity index is 1.94. The summed E-state index contributed by atoms with van der Waals surface area (Å²) < 4.78 is 0. The molecule has 3 rings (SSSR count). The lowest BCUT2D eigenvalue weighted by molar-refractivity contribution is 0.434. The minimum absolute atomic E-state index is 0.819. The second-order valence-electron chi connectivity index (χ2n) is 7.71. The Kier molecular flexibility index (Phi) is 6.24. The van der Waals surface area contributed by atoms with E-state index in [1.165, 1.54) is 42.6 Å². The van der Waals surface area contributed by atoms with Crippen LogP contribution >= 0.6 is 11.8 Å². The Bertz CT molecular complexity index is 642. The first-order valence-electron chi connectivity index (χ1n) is 9.58. The molecule has 1 aromatic heterocycles. The molecule has 136 valence electrons. The molecule has 2 aliphatic rings. The molecular weight excluding hydrogens is 328 g/mol. The predicted octanol–water partition coefficient (Wildman–Crippen LogP) is 3.72. The molecule has 0 bridgehead atoms. The number of aromatic nitrogens is 1. The number of anilines is 1. The van der Waals surface area contributed by atoms with Crippen LogP contribution in [-0.2, 0) is 12.8 Å². The van der Waals surface area contributed by atoms with Gasteiger partial charge in [-0.2, -0.15) is 5.26 Å². The van der Waals surface area contributed by atoms with E-state index in [0.717, 1.165) is 54.7 Å². The van der Waals surface area contributed by atoms with Crippen molar-refractivity contribution < 1.29 is 0 Å². The molecule has 0 saturated carbocycles. The number of rotatable bonds is 5. The fraction of sp³-hybridized carbons (Fsp3) is 0.700. The molecule has 0 radical (unpaired) electrons. The quantitative estimate of drug-likeness (QED) is 0.751. The third-order valence-corrected chi connectivity index (χ3v) is 6.39. The molecule has 1 saturated heterocycles. The van der Waals surface area contributed by atoms with Crippen molar-refractivity contribution in [2.24, 2.45) is 5.92 Å². The van der Waals surface area contributed by atoms with Crippen molar-refractivity contribution in [3.8, 4) is 6.07 Å². The van der Waals surface area contributed by atoms with Crippen molar-refractivity contribution in [3.05, 3.63) is 16.7 Å². The number of hydrogen-bond acceptors (Lipinski definition) is 5. The first kappa shape index (κ1) is 18.5. The zero-order valence-electron chi connectivity index (χ0n) is 15.8. The number of nitriles is 1. The molecule has 0 atom stereocenters. The summed E-state index contributed by atoms with van der Waals surface area (Å²) in [6.07, 6.45) is 7.05. The summed E-state index contributed by atoms with van der Waals surface area (Å²) in [7, 11) is 4.18. The standard InChI is InChI=1S/C20H30N4S/c1-15-8-10-24(11-9-15)19-17-7-5-4-6-16(17)18(14-21)20(22-19)25-13-12-23(2)3/h15H,4-13H2,1-3H3. The normalized spacial score (nSPS) is 18.3. The van der Waals surface area contributed by atoms with Crippen molar-refractivity contribution in [1.29, 1.82) is 5.26 Å². The number of nitrogens with zero attached hydrogens (tertiary/aromatic N) is 4. The van der Waals surface area contributed by atoms with Crippen LogP contribution in [0.15, 0.2) is 5.03 Å². The molecule has 5 heteroatoms. The minimum atomic E-state index is 0.819. The van der Waals surface area contributed by atoms with E-state index in [1.807, 2.05) is 0 Å². The van der Waals surface area contributed by atoms with E-state index in [-0.39, 0.29) is 0 Å². The van der Waals surface area contributed by atoms with Crippen LogP contribution in [0.4, 0.5) is 5.82 Å². The fourth-order valence-corrected chi connectivity index (χ4v) is 4.92. The highest BCUT2D eigenvalue weighted by atomic mass is 32.2. The fourth-order valence-electron chi connectivity index (χ4n) is 3.80. The van der Waals surface area contributed by atoms with E-state index in [4.69, 9.17) is 4.98 Å². The maximum Gasteiger partial charge on any atom is 0.133 e. The highest BCUT2D eigenvalue weighted by molar-refractivity contribution is 7.99. The van der Waals surface area contributed by atoms with Gasteiger partial charge in [-0.15, -0.1) is 11.8 Å². The lowest BCUT2D eigenvalue weighted by Crippen LogP contribution is -2.35. The van der Waals surface area contributed by atoms with Crippen LogP contribution in [0.1, 0.15) is 49.3 Å². The number of piperidine rings is 1. The van der Waals surface area contributed by atoms with Gasteiger partial charge in [0.25, 0.3) is 0 Å². The second-order valence-corrected chi connectivity index (χ2v) is 8.80. The van der Waals surface area contributed by atoms with Crippen LogP contribution in [0.3, 0.4) is 0 Å². The van der Waals surface area contributed by atoms with Crippen molar-refractivity contribution in [1.82, 2.24) is 9.88 Å². The summed E-state index contributed by atoms with van der Waals surface area (Å²) in [4.78, 5) is 9.72. The van der Waals surface area contributed by atoms with Gasteiger partial charge < -0.3 is 9.80 Å². The molecule has 1 aliphatic carbocycles. The maximum absolute atomic E-state index is 9.79. The molecule has 0 N–H and O–H groups in total. The number of thioether (sulfide) groups is 1. The molecule has 0 aromatic carbocycles. The van der Waals surface area contributed by atoms with E-state index in [2.05, 4.69) is 36.9 Å². The molecule has 2 heterocycles. The average molecular weight is 359 g/mol. The van der Waals surface area contributed by atoms with E-state index in [9.17, 15) is 5.26 Å². The van der Waals surface area contributed by atoms with Gasteiger partial charge in [-0.1, -0.05) is 6.92 Å². The largest absolute Gasteiger partial charge is 0.356 e. The lowest BCUT2D eigenvalue weighted by atomic mass is 9.88. The zero-order valence-corrected chi connectivity index (χ0v) is 16.7. The molecule has 0 spiro atoms. The van der Waals surface area contributed by atoms with Gasteiger partial charge in [-0.3, -0.25) is 0 Å². The Morgan fingerprint density at radius 2 is 1.88 bits per heavy atom. The highest BCUT2D eigenvalue weighted by Gasteiger charge is 2.26. The van der Waals surface area contributed by atoms with Gasteiger partial charge in [0.1, 0.15) is 16.9 Å². The third kappa shape index (κ3) is 4.30. The molecule has 1 aliphatic heterocycles. The summed E-state index contributed by atoms with van der Waals surface area (Å²) in [6.45, 7) is 5.56. The number of pyridine rings is 1. The van der Waals surface area contributed by atoms with Gasteiger partial charge in [0.2, 0.25) is 0 Å². The molecular formula is C20H30N4S. The average Bonchev–Trinajstić information content (AvgIpc) is 2.61. The lowest BCUT2D eigenvalue weighted by Gasteiger charge is -2.34. The monoisotopic (exact) mass is 358 g/mol. The molecule has 4 nitrogen and oxygen atoms in total. The minimum Gasteiger partial charge on any atom is -0.356 e. The van der Waals surface area contributed by atoms with Gasteiger partial charge in [0.15, 0.2) is 0 Å². The molecule has 0 unspecified atom stereocenters. The molecule has 0 amide bonds. The van der Waals surface area contributed by atoms with Crippen molar-refractivity contribution in [2.75, 3.05) is 44.4 Å². The zero-order chi connectivity index (χ0) is 17.8. The van der Waals surface area contributed by atoms with E-state index in [1.54, 1.807) is 11.8 Å². The van der Waals surface area contributed by atoms with E-state index in [0.29, 0.717) is 0 Å². The summed E-state index contributed by atoms with van der Waals surface area (Å²) in [6, 6.07) is 2.48. The summed E-state index contributed by atoms with van der Waals surface area (Å²) in [5, 5.41) is 10.7. The van der Waals surface area contributed by atoms with Gasteiger partial charge in [-0.05, 0) is 69.7 Å². The van der Waals surface area contributed by atoms with Gasteiger partial charge in [0.05, 0.1) is 5.56 Å². The van der Waals surface area contributed by atoms with Gasteiger partial charge >= 0.3 is 0 Å². The Labute approximate surface area is 156 Å². The van der Waals surface area contributed by atoms with Crippen LogP contribution in [0.25, 0.3) is 0 Å². The highest BCUT2D eigenvalue weighted by Crippen LogP contribution is 2.37. The van der Waals surface area contributed by atoms with E-state index < -0.39 is 0 Å². The summed E-state index contributed by atoms with van der Waals surface area (Å²) in [5.41, 5.74) is 3.52. The van der Waals surface area contributed by atoms with Crippen molar-refractivity contribution in [2.45, 2.75) is 50.5 Å². The van der Waals surface area contributed by atoms with Crippen molar-refractivity contribution >= 4 is 17.6 Å². The number of fused-ring (bicyclic) bond motifs is 1. The molecule has 25 heavy (non-hydrogen) atoms. The first-order chi connectivity index (χ1) is 12.1. The summed E-state index contributed by atoms with van der Waals surface area (Å²) >= 11 is 1.75. The SMILES string of the molecule is CC1CCN(c2nc(SCCN(C)C)c(C#N)c3c2CCCC3)CC1. The molecule has 1 fully saturated rings. The predicted molar refractivity (Wildman–Crippen MR) is 105 cm³/mol. The smallest absolute Gasteiger partial charge is 0.133 e. The molecule has 1 aromatic rings. The number of hydrogen-bond donors (Lipinski definition) is 0. The van der Waals surface area contributed by atoms with Crippen LogP contribution in [-0.4, -0.2) is 49.4 Å². The third-order valence-electron chi connectivity index (χ3n) is 5.43. The summed E-state index contributed by atoms with van der Waals surface area (Å²) in [5.74, 6) is 2.98. The Morgan fingerprint density at radius 1 is 1.20 bits per heavy atom. The first-order valence-corrected chi connectivity index (χ1v) is 10.6. The van der Waals surface area contributed by atoms with Gasteiger partial charge in [0, 0.05) is 25.4 Å². The Hall–Kier alpha value is -1.25. The van der Waals surface area contributed by atoms with Crippen molar-refractivity contribution in [3.63, 3.8) is 0 Å². The maximum atomic E-state index is 9.79. The second kappa shape index (κ2) is 8.42. The topological polar surface area (TPSA) is 43.2 Å². The Morgan fingerprint density at radius 3 is 2.52 bits per heavy atom.